The highest BCUT2D eigenvalue weighted by Crippen LogP contribution is 2.38. The van der Waals surface area contributed by atoms with Crippen LogP contribution in [-0.2, 0) is 4.79 Å². The summed E-state index contributed by atoms with van der Waals surface area (Å²) in [6.45, 7) is 0. The van der Waals surface area contributed by atoms with Gasteiger partial charge in [0.1, 0.15) is 22.5 Å². The molecule has 2 N–H and O–H groups in total. The van der Waals surface area contributed by atoms with Crippen molar-refractivity contribution in [3.63, 3.8) is 0 Å². The zero-order chi connectivity index (χ0) is 20.2. The van der Waals surface area contributed by atoms with Gasteiger partial charge in [0.05, 0.1) is 6.42 Å². The predicted molar refractivity (Wildman–Crippen MR) is 110 cm³/mol. The molecule has 0 aliphatic heterocycles. The van der Waals surface area contributed by atoms with Gasteiger partial charge in [-0.05, 0) is 25.0 Å². The van der Waals surface area contributed by atoms with E-state index in [2.05, 4.69) is 4.98 Å². The van der Waals surface area contributed by atoms with Gasteiger partial charge in [0.15, 0.2) is 5.75 Å². The molecule has 0 spiro atoms. The maximum absolute atomic E-state index is 13.0. The number of nitrogens with zero attached hydrogens (tertiary/aromatic N) is 3. The van der Waals surface area contributed by atoms with Crippen molar-refractivity contribution >= 4 is 17.2 Å². The Kier molecular flexibility index (Phi) is 5.71. The third kappa shape index (κ3) is 4.37. The number of benzene rings is 1. The molecule has 1 saturated carbocycles. The zero-order valence-electron chi connectivity index (χ0n) is 15.9. The number of nitrogens with two attached hydrogens (primary N) is 1. The Morgan fingerprint density at radius 1 is 1.28 bits per heavy atom. The van der Waals surface area contributed by atoms with E-state index < -0.39 is 11.9 Å². The number of hydrogen-bond acceptors (Lipinski definition) is 6. The van der Waals surface area contributed by atoms with Crippen molar-refractivity contribution < 1.29 is 9.53 Å². The van der Waals surface area contributed by atoms with Crippen LogP contribution < -0.4 is 16.0 Å². The maximum atomic E-state index is 13.0. The summed E-state index contributed by atoms with van der Waals surface area (Å²) in [6.07, 6.45) is 5.83. The average molecular weight is 410 g/mol. The number of thiazole rings is 1. The molecular weight excluding hydrogens is 388 g/mol. The lowest BCUT2D eigenvalue weighted by molar-refractivity contribution is -0.118. The van der Waals surface area contributed by atoms with Crippen LogP contribution in [0.1, 0.15) is 54.8 Å². The third-order valence-electron chi connectivity index (χ3n) is 5.09. The molecule has 7 nitrogen and oxygen atoms in total. The molecule has 1 aromatic carbocycles. The summed E-state index contributed by atoms with van der Waals surface area (Å²) in [5.41, 5.74) is 5.85. The second-order valence-corrected chi connectivity index (χ2v) is 8.06. The summed E-state index contributed by atoms with van der Waals surface area (Å²) >= 11 is 1.37. The molecular formula is C21H22N4O3S. The van der Waals surface area contributed by atoms with Gasteiger partial charge in [-0.15, -0.1) is 11.3 Å². The summed E-state index contributed by atoms with van der Waals surface area (Å²) in [6, 6.07) is 10.2. The second-order valence-electron chi connectivity index (χ2n) is 7.13. The van der Waals surface area contributed by atoms with Gasteiger partial charge >= 0.3 is 0 Å². The van der Waals surface area contributed by atoms with Crippen LogP contribution in [-0.4, -0.2) is 20.7 Å². The maximum Gasteiger partial charge on any atom is 0.271 e. The summed E-state index contributed by atoms with van der Waals surface area (Å²) < 4.78 is 7.37. The van der Waals surface area contributed by atoms with Crippen LogP contribution in [0.4, 0.5) is 0 Å². The van der Waals surface area contributed by atoms with Gasteiger partial charge in [0, 0.05) is 23.6 Å². The third-order valence-corrected chi connectivity index (χ3v) is 5.96. The molecule has 0 radical (unpaired) electrons. The highest BCUT2D eigenvalue weighted by molar-refractivity contribution is 7.09. The Hall–Kier alpha value is -3.00. The molecule has 1 amide bonds. The van der Waals surface area contributed by atoms with Crippen molar-refractivity contribution in [1.29, 1.82) is 0 Å². The van der Waals surface area contributed by atoms with Gasteiger partial charge in [-0.3, -0.25) is 9.59 Å². The SMILES string of the molecule is NC(=O)CC(c1nccs1)n1nc(C2CCCC2)c(Oc2ccccc2)cc1=O. The topological polar surface area (TPSA) is 100 Å². The lowest BCUT2D eigenvalue weighted by Crippen LogP contribution is -2.32. The first-order valence-corrected chi connectivity index (χ1v) is 10.5. The molecule has 0 saturated heterocycles. The Morgan fingerprint density at radius 2 is 2.03 bits per heavy atom. The van der Waals surface area contributed by atoms with E-state index in [1.165, 1.54) is 22.1 Å². The normalized spacial score (nSPS) is 15.3. The second kappa shape index (κ2) is 8.57. The van der Waals surface area contributed by atoms with Crippen molar-refractivity contribution in [3.05, 3.63) is 69.0 Å². The Morgan fingerprint density at radius 3 is 2.69 bits per heavy atom. The van der Waals surface area contributed by atoms with Gasteiger partial charge in [-0.25, -0.2) is 9.67 Å². The Balaban J connectivity index is 1.79. The number of primary amides is 1. The highest BCUT2D eigenvalue weighted by Gasteiger charge is 2.28. The fraction of sp³-hybridized carbons (Fsp3) is 0.333. The van der Waals surface area contributed by atoms with Crippen LogP contribution in [0.5, 0.6) is 11.5 Å². The Bertz CT molecular complexity index is 1030. The monoisotopic (exact) mass is 410 g/mol. The Labute approximate surface area is 172 Å². The van der Waals surface area contributed by atoms with E-state index in [0.29, 0.717) is 16.5 Å². The lowest BCUT2D eigenvalue weighted by Gasteiger charge is -2.20. The summed E-state index contributed by atoms with van der Waals surface area (Å²) in [4.78, 5) is 28.9. The lowest BCUT2D eigenvalue weighted by atomic mass is 10.0. The van der Waals surface area contributed by atoms with E-state index in [1.54, 1.807) is 11.6 Å². The van der Waals surface area contributed by atoms with Crippen molar-refractivity contribution in [2.75, 3.05) is 0 Å². The number of para-hydroxylation sites is 1. The first-order chi connectivity index (χ1) is 14.1. The number of rotatable bonds is 7. The molecule has 0 bridgehead atoms. The number of aromatic nitrogens is 3. The van der Waals surface area contributed by atoms with Crippen LogP contribution in [0.15, 0.2) is 52.8 Å². The molecule has 4 rings (SSSR count). The summed E-state index contributed by atoms with van der Waals surface area (Å²) in [5.74, 6) is 0.831. The molecule has 29 heavy (non-hydrogen) atoms. The zero-order valence-corrected chi connectivity index (χ0v) is 16.7. The molecule has 1 aliphatic carbocycles. The van der Waals surface area contributed by atoms with Crippen LogP contribution in [0.3, 0.4) is 0 Å². The van der Waals surface area contributed by atoms with E-state index in [0.717, 1.165) is 31.4 Å². The molecule has 1 unspecified atom stereocenters. The molecule has 2 aromatic heterocycles. The number of carbonyl (C=O) groups is 1. The summed E-state index contributed by atoms with van der Waals surface area (Å²) in [5, 5.41) is 7.13. The molecule has 150 valence electrons. The van der Waals surface area contributed by atoms with E-state index >= 15 is 0 Å². The highest BCUT2D eigenvalue weighted by atomic mass is 32.1. The minimum atomic E-state index is -0.620. The van der Waals surface area contributed by atoms with Crippen LogP contribution in [0.2, 0.25) is 0 Å². The number of amides is 1. The van der Waals surface area contributed by atoms with E-state index in [-0.39, 0.29) is 17.9 Å². The first kappa shape index (κ1) is 19.3. The van der Waals surface area contributed by atoms with E-state index in [1.807, 2.05) is 30.3 Å². The standard InChI is InChI=1S/C21H22N4O3S/c22-18(26)12-16(21-23-10-11-29-21)25-19(27)13-17(28-15-8-2-1-3-9-15)20(24-25)14-6-4-5-7-14/h1-3,8-11,13-14,16H,4-7,12H2,(H2,22,26). The molecule has 1 fully saturated rings. The molecule has 1 atom stereocenters. The van der Waals surface area contributed by atoms with E-state index in [4.69, 9.17) is 15.6 Å². The number of ether oxygens (including phenoxy) is 1. The first-order valence-electron chi connectivity index (χ1n) is 9.66. The number of hydrogen-bond donors (Lipinski definition) is 1. The van der Waals surface area contributed by atoms with Crippen molar-refractivity contribution in [2.45, 2.75) is 44.1 Å². The summed E-state index contributed by atoms with van der Waals surface area (Å²) in [7, 11) is 0. The van der Waals surface area contributed by atoms with Crippen LogP contribution in [0.25, 0.3) is 0 Å². The fourth-order valence-electron chi connectivity index (χ4n) is 3.74. The molecule has 2 heterocycles. The van der Waals surface area contributed by atoms with Gasteiger partial charge in [-0.1, -0.05) is 31.0 Å². The minimum absolute atomic E-state index is 0.0383. The quantitative estimate of drug-likeness (QED) is 0.641. The van der Waals surface area contributed by atoms with Gasteiger partial charge in [0.2, 0.25) is 5.91 Å². The minimum Gasteiger partial charge on any atom is -0.455 e. The van der Waals surface area contributed by atoms with Crippen LogP contribution >= 0.6 is 11.3 Å². The van der Waals surface area contributed by atoms with Crippen molar-refractivity contribution in [3.8, 4) is 11.5 Å². The van der Waals surface area contributed by atoms with Crippen molar-refractivity contribution in [1.82, 2.24) is 14.8 Å². The van der Waals surface area contributed by atoms with Gasteiger partial charge in [0.25, 0.3) is 5.56 Å². The van der Waals surface area contributed by atoms with Gasteiger partial charge < -0.3 is 10.5 Å². The number of carbonyl (C=O) groups excluding carboxylic acids is 1. The predicted octanol–water partition coefficient (Wildman–Crippen LogP) is 3.61. The average Bonchev–Trinajstić information content (AvgIpc) is 3.42. The molecule has 8 heteroatoms. The van der Waals surface area contributed by atoms with Gasteiger partial charge in [-0.2, -0.15) is 5.10 Å². The smallest absolute Gasteiger partial charge is 0.271 e. The molecule has 3 aromatic rings. The largest absolute Gasteiger partial charge is 0.455 e. The van der Waals surface area contributed by atoms with Crippen molar-refractivity contribution in [2.24, 2.45) is 5.73 Å². The van der Waals surface area contributed by atoms with E-state index in [9.17, 15) is 9.59 Å². The fourth-order valence-corrected chi connectivity index (χ4v) is 4.46. The van der Waals surface area contributed by atoms with Crippen LogP contribution in [0, 0.1) is 0 Å². The molecule has 1 aliphatic rings.